The summed E-state index contributed by atoms with van der Waals surface area (Å²) in [6.45, 7) is 1.01. The molecular weight excluding hydrogens is 272 g/mol. The molecule has 2 aromatic rings. The van der Waals surface area contributed by atoms with Gasteiger partial charge in [0.25, 0.3) is 0 Å². The van der Waals surface area contributed by atoms with Gasteiger partial charge in [-0.25, -0.2) is 4.79 Å². The third-order valence-corrected chi connectivity index (χ3v) is 2.98. The smallest absolute Gasteiger partial charge is 0.315 e. The molecule has 0 aliphatic heterocycles. The van der Waals surface area contributed by atoms with Gasteiger partial charge in [0.05, 0.1) is 0 Å². The molecule has 0 unspecified atom stereocenters. The minimum Gasteiger partial charge on any atom is -0.335 e. The fourth-order valence-corrected chi connectivity index (χ4v) is 1.88. The fourth-order valence-electron chi connectivity index (χ4n) is 1.88. The van der Waals surface area contributed by atoms with Crippen LogP contribution in [0.5, 0.6) is 0 Å². The molecule has 0 aliphatic carbocycles. The van der Waals surface area contributed by atoms with Crippen molar-refractivity contribution in [2.45, 2.75) is 0 Å². The highest BCUT2D eigenvalue weighted by Gasteiger charge is 1.94. The van der Waals surface area contributed by atoms with E-state index in [0.717, 1.165) is 11.1 Å². The molecule has 0 saturated heterocycles. The highest BCUT2D eigenvalue weighted by Crippen LogP contribution is 2.00. The quantitative estimate of drug-likeness (QED) is 0.837. The van der Waals surface area contributed by atoms with Crippen molar-refractivity contribution in [3.63, 3.8) is 0 Å². The number of carbonyl (C=O) groups excluding carboxylic acids is 1. The number of benzene rings is 2. The van der Waals surface area contributed by atoms with Crippen LogP contribution in [0.3, 0.4) is 0 Å². The van der Waals surface area contributed by atoms with Crippen LogP contribution in [0.2, 0.25) is 0 Å². The van der Waals surface area contributed by atoms with E-state index >= 15 is 0 Å². The molecule has 0 fully saturated rings. The molecule has 22 heavy (non-hydrogen) atoms. The van der Waals surface area contributed by atoms with Crippen molar-refractivity contribution < 1.29 is 4.79 Å². The van der Waals surface area contributed by atoms with E-state index in [1.54, 1.807) is 0 Å². The molecule has 0 bridgehead atoms. The first kappa shape index (κ1) is 15.6. The first-order chi connectivity index (χ1) is 10.8. The summed E-state index contributed by atoms with van der Waals surface area (Å²) < 4.78 is 0. The SMILES string of the molecule is O=C(NC/C=C/c1ccccc1)NC/C=C/c1ccccc1. The Morgan fingerprint density at radius 2 is 1.14 bits per heavy atom. The van der Waals surface area contributed by atoms with Crippen LogP contribution in [0, 0.1) is 0 Å². The van der Waals surface area contributed by atoms with Gasteiger partial charge >= 0.3 is 6.03 Å². The van der Waals surface area contributed by atoms with Crippen LogP contribution in [0.25, 0.3) is 12.2 Å². The molecule has 2 amide bonds. The van der Waals surface area contributed by atoms with Gasteiger partial charge in [-0.15, -0.1) is 0 Å². The van der Waals surface area contributed by atoms with E-state index < -0.39 is 0 Å². The van der Waals surface area contributed by atoms with Gasteiger partial charge in [-0.3, -0.25) is 0 Å². The molecule has 0 radical (unpaired) electrons. The number of hydrogen-bond acceptors (Lipinski definition) is 1. The molecule has 0 aliphatic rings. The van der Waals surface area contributed by atoms with E-state index in [0.29, 0.717) is 13.1 Å². The standard InChI is InChI=1S/C19H20N2O/c22-19(20-15-7-13-17-9-3-1-4-10-17)21-16-8-14-18-11-5-2-6-12-18/h1-14H,15-16H2,(H2,20,21,22)/b13-7+,14-8+. The molecule has 2 N–H and O–H groups in total. The van der Waals surface area contributed by atoms with Crippen molar-refractivity contribution in [1.82, 2.24) is 10.6 Å². The van der Waals surface area contributed by atoms with Crippen LogP contribution < -0.4 is 10.6 Å². The van der Waals surface area contributed by atoms with Crippen molar-refractivity contribution in [3.05, 3.63) is 83.9 Å². The molecule has 112 valence electrons. The lowest BCUT2D eigenvalue weighted by molar-refractivity contribution is 0.243. The Hall–Kier alpha value is -2.81. The normalized spacial score (nSPS) is 10.9. The lowest BCUT2D eigenvalue weighted by Crippen LogP contribution is -2.35. The number of hydrogen-bond donors (Lipinski definition) is 2. The minimum absolute atomic E-state index is 0.171. The van der Waals surface area contributed by atoms with Crippen molar-refractivity contribution in [2.75, 3.05) is 13.1 Å². The zero-order chi connectivity index (χ0) is 15.5. The maximum absolute atomic E-state index is 11.6. The first-order valence-corrected chi connectivity index (χ1v) is 7.29. The van der Waals surface area contributed by atoms with Gasteiger partial charge in [-0.2, -0.15) is 0 Å². The largest absolute Gasteiger partial charge is 0.335 e. The lowest BCUT2D eigenvalue weighted by Gasteiger charge is -2.02. The zero-order valence-electron chi connectivity index (χ0n) is 12.4. The summed E-state index contributed by atoms with van der Waals surface area (Å²) in [6.07, 6.45) is 7.81. The van der Waals surface area contributed by atoms with Crippen molar-refractivity contribution in [1.29, 1.82) is 0 Å². The molecule has 3 heteroatoms. The highest BCUT2D eigenvalue weighted by atomic mass is 16.2. The number of rotatable bonds is 6. The van der Waals surface area contributed by atoms with Crippen molar-refractivity contribution >= 4 is 18.2 Å². The molecule has 0 atom stereocenters. The van der Waals surface area contributed by atoms with E-state index in [9.17, 15) is 4.79 Å². The number of amides is 2. The van der Waals surface area contributed by atoms with Gasteiger partial charge in [-0.1, -0.05) is 85.0 Å². The minimum atomic E-state index is -0.171. The van der Waals surface area contributed by atoms with Crippen LogP contribution in [-0.4, -0.2) is 19.1 Å². The van der Waals surface area contributed by atoms with Crippen LogP contribution in [-0.2, 0) is 0 Å². The summed E-state index contributed by atoms with van der Waals surface area (Å²) in [5.41, 5.74) is 2.24. The molecule has 0 heterocycles. The lowest BCUT2D eigenvalue weighted by atomic mass is 10.2. The number of urea groups is 1. The monoisotopic (exact) mass is 292 g/mol. The van der Waals surface area contributed by atoms with Crippen molar-refractivity contribution in [3.8, 4) is 0 Å². The Morgan fingerprint density at radius 1 is 0.727 bits per heavy atom. The molecule has 3 nitrogen and oxygen atoms in total. The van der Waals surface area contributed by atoms with Gasteiger partial charge in [0.15, 0.2) is 0 Å². The topological polar surface area (TPSA) is 41.1 Å². The van der Waals surface area contributed by atoms with Gasteiger partial charge in [0, 0.05) is 13.1 Å². The summed E-state index contributed by atoms with van der Waals surface area (Å²) in [4.78, 5) is 11.6. The Balaban J connectivity index is 1.62. The first-order valence-electron chi connectivity index (χ1n) is 7.29. The number of nitrogens with one attached hydrogen (secondary N) is 2. The van der Waals surface area contributed by atoms with E-state index in [2.05, 4.69) is 10.6 Å². The van der Waals surface area contributed by atoms with E-state index in [-0.39, 0.29) is 6.03 Å². The van der Waals surface area contributed by atoms with Gasteiger partial charge in [-0.05, 0) is 11.1 Å². The summed E-state index contributed by atoms with van der Waals surface area (Å²) in [6, 6.07) is 19.8. The summed E-state index contributed by atoms with van der Waals surface area (Å²) in [5.74, 6) is 0. The van der Waals surface area contributed by atoms with Crippen LogP contribution in [0.4, 0.5) is 4.79 Å². The molecule has 0 spiro atoms. The third kappa shape index (κ3) is 6.09. The predicted molar refractivity (Wildman–Crippen MR) is 92.4 cm³/mol. The Labute approximate surface area is 131 Å². The molecular formula is C19H20N2O. The van der Waals surface area contributed by atoms with Crippen LogP contribution in [0.15, 0.2) is 72.8 Å². The Kier molecular flexibility index (Phi) is 6.50. The summed E-state index contributed by atoms with van der Waals surface area (Å²) in [7, 11) is 0. The maximum Gasteiger partial charge on any atom is 0.315 e. The second kappa shape index (κ2) is 9.19. The summed E-state index contributed by atoms with van der Waals surface area (Å²) in [5, 5.41) is 5.56. The van der Waals surface area contributed by atoms with Crippen LogP contribution >= 0.6 is 0 Å². The zero-order valence-corrected chi connectivity index (χ0v) is 12.4. The molecule has 0 saturated carbocycles. The van der Waals surface area contributed by atoms with Gasteiger partial charge in [0.1, 0.15) is 0 Å². The summed E-state index contributed by atoms with van der Waals surface area (Å²) >= 11 is 0. The Bertz CT molecular complexity index is 563. The van der Waals surface area contributed by atoms with Gasteiger partial charge < -0.3 is 10.6 Å². The maximum atomic E-state index is 11.6. The Morgan fingerprint density at radius 3 is 1.55 bits per heavy atom. The average Bonchev–Trinajstić information content (AvgIpc) is 2.57. The second-order valence-corrected chi connectivity index (χ2v) is 4.72. The van der Waals surface area contributed by atoms with Crippen molar-refractivity contribution in [2.24, 2.45) is 0 Å². The predicted octanol–water partition coefficient (Wildman–Crippen LogP) is 3.71. The third-order valence-electron chi connectivity index (χ3n) is 2.98. The highest BCUT2D eigenvalue weighted by molar-refractivity contribution is 5.74. The van der Waals surface area contributed by atoms with E-state index in [4.69, 9.17) is 0 Å². The van der Waals surface area contributed by atoms with E-state index in [1.165, 1.54) is 0 Å². The average molecular weight is 292 g/mol. The van der Waals surface area contributed by atoms with E-state index in [1.807, 2.05) is 85.0 Å². The number of carbonyl (C=O) groups is 1. The fraction of sp³-hybridized carbons (Fsp3) is 0.105. The van der Waals surface area contributed by atoms with Gasteiger partial charge in [0.2, 0.25) is 0 Å². The molecule has 0 aromatic heterocycles. The molecule has 2 aromatic carbocycles. The van der Waals surface area contributed by atoms with Crippen LogP contribution in [0.1, 0.15) is 11.1 Å². The molecule has 2 rings (SSSR count). The second-order valence-electron chi connectivity index (χ2n) is 4.72.